The van der Waals surface area contributed by atoms with Crippen LogP contribution in [0.2, 0.25) is 0 Å². The summed E-state index contributed by atoms with van der Waals surface area (Å²) >= 11 is 0. The quantitative estimate of drug-likeness (QED) is 0.795. The van der Waals surface area contributed by atoms with Crippen molar-refractivity contribution >= 4 is 11.7 Å². The zero-order chi connectivity index (χ0) is 14.5. The van der Waals surface area contributed by atoms with Crippen molar-refractivity contribution < 1.29 is 9.53 Å². The third-order valence-electron chi connectivity index (χ3n) is 2.27. The van der Waals surface area contributed by atoms with Gasteiger partial charge in [-0.2, -0.15) is 0 Å². The molecule has 0 aromatic heterocycles. The van der Waals surface area contributed by atoms with Gasteiger partial charge in [0.2, 0.25) is 0 Å². The van der Waals surface area contributed by atoms with Crippen molar-refractivity contribution in [3.63, 3.8) is 0 Å². The first kappa shape index (κ1) is 15.2. The molecule has 0 saturated carbocycles. The lowest BCUT2D eigenvalue weighted by Gasteiger charge is -2.19. The van der Waals surface area contributed by atoms with Crippen LogP contribution in [-0.2, 0) is 9.53 Å². The van der Waals surface area contributed by atoms with Crippen molar-refractivity contribution in [3.8, 4) is 0 Å². The number of hydrogen-bond donors (Lipinski definition) is 1. The Hall–Kier alpha value is -1.84. The van der Waals surface area contributed by atoms with Crippen LogP contribution < -0.4 is 5.73 Å². The first-order chi connectivity index (χ1) is 8.76. The van der Waals surface area contributed by atoms with Crippen LogP contribution in [0.3, 0.4) is 0 Å². The highest BCUT2D eigenvalue weighted by molar-refractivity contribution is 5.97. The van der Waals surface area contributed by atoms with E-state index in [4.69, 9.17) is 10.5 Å². The van der Waals surface area contributed by atoms with Gasteiger partial charge in [0, 0.05) is 24.0 Å². The Morgan fingerprint density at radius 3 is 2.79 bits per heavy atom. The standard InChI is InChI=1S/C15H22N2O2/c1-11(16)9-13-6-5-12(7-8-17-13)10-14(18)19-15(2,3)4/h5,7-9H,6,10,16H2,1-4H3/b11-9-. The van der Waals surface area contributed by atoms with Gasteiger partial charge in [0.15, 0.2) is 0 Å². The Bertz CT molecular complexity index is 459. The molecular weight excluding hydrogens is 240 g/mol. The van der Waals surface area contributed by atoms with Crippen LogP contribution in [0.5, 0.6) is 0 Å². The monoisotopic (exact) mass is 262 g/mol. The molecule has 1 heterocycles. The van der Waals surface area contributed by atoms with Crippen LogP contribution >= 0.6 is 0 Å². The largest absolute Gasteiger partial charge is 0.460 e. The third-order valence-corrected chi connectivity index (χ3v) is 2.27. The number of nitrogens with two attached hydrogens (primary N) is 1. The summed E-state index contributed by atoms with van der Waals surface area (Å²) in [6.07, 6.45) is 8.26. The zero-order valence-electron chi connectivity index (χ0n) is 12.1. The number of allylic oxidation sites excluding steroid dienone is 4. The van der Waals surface area contributed by atoms with Crippen molar-refractivity contribution in [2.75, 3.05) is 0 Å². The van der Waals surface area contributed by atoms with Crippen LogP contribution in [0.4, 0.5) is 0 Å². The SMILES string of the molecule is C/C(N)=C/C1=NC=CC(CC(=O)OC(C)(C)C)=CC1. The van der Waals surface area contributed by atoms with Crippen molar-refractivity contribution in [3.05, 3.63) is 35.7 Å². The number of nitrogens with zero attached hydrogens (tertiary/aromatic N) is 1. The highest BCUT2D eigenvalue weighted by Crippen LogP contribution is 2.15. The number of rotatable bonds is 3. The van der Waals surface area contributed by atoms with Gasteiger partial charge in [-0.05, 0) is 45.4 Å². The molecule has 0 saturated heterocycles. The van der Waals surface area contributed by atoms with Crippen molar-refractivity contribution in [1.82, 2.24) is 0 Å². The van der Waals surface area contributed by atoms with E-state index in [1.807, 2.05) is 45.9 Å². The van der Waals surface area contributed by atoms with E-state index in [-0.39, 0.29) is 12.4 Å². The second-order valence-electron chi connectivity index (χ2n) is 5.57. The molecule has 4 heteroatoms. The number of esters is 1. The topological polar surface area (TPSA) is 64.7 Å². The minimum atomic E-state index is -0.451. The van der Waals surface area contributed by atoms with Crippen LogP contribution in [0, 0.1) is 0 Å². The molecule has 0 unspecified atom stereocenters. The average Bonchev–Trinajstić information content (AvgIpc) is 2.40. The Morgan fingerprint density at radius 1 is 1.53 bits per heavy atom. The van der Waals surface area contributed by atoms with Gasteiger partial charge in [-0.1, -0.05) is 6.08 Å². The van der Waals surface area contributed by atoms with E-state index in [9.17, 15) is 4.79 Å². The molecule has 0 amide bonds. The maximum atomic E-state index is 11.7. The second kappa shape index (κ2) is 6.36. The lowest BCUT2D eigenvalue weighted by Crippen LogP contribution is -2.23. The van der Waals surface area contributed by atoms with E-state index in [2.05, 4.69) is 4.99 Å². The molecule has 0 aliphatic carbocycles. The van der Waals surface area contributed by atoms with E-state index in [1.54, 1.807) is 6.20 Å². The summed E-state index contributed by atoms with van der Waals surface area (Å²) in [5.74, 6) is -0.225. The molecule has 4 nitrogen and oxygen atoms in total. The fourth-order valence-corrected chi connectivity index (χ4v) is 1.62. The van der Waals surface area contributed by atoms with E-state index >= 15 is 0 Å². The highest BCUT2D eigenvalue weighted by atomic mass is 16.6. The van der Waals surface area contributed by atoms with Gasteiger partial charge in [-0.25, -0.2) is 0 Å². The highest BCUT2D eigenvalue weighted by Gasteiger charge is 2.16. The minimum absolute atomic E-state index is 0.225. The van der Waals surface area contributed by atoms with E-state index in [0.29, 0.717) is 6.42 Å². The molecule has 2 N–H and O–H groups in total. The van der Waals surface area contributed by atoms with E-state index < -0.39 is 5.60 Å². The predicted octanol–water partition coefficient (Wildman–Crippen LogP) is 2.87. The van der Waals surface area contributed by atoms with Gasteiger partial charge in [0.1, 0.15) is 5.60 Å². The van der Waals surface area contributed by atoms with Gasteiger partial charge < -0.3 is 10.5 Å². The predicted molar refractivity (Wildman–Crippen MR) is 77.7 cm³/mol. The van der Waals surface area contributed by atoms with Gasteiger partial charge >= 0.3 is 5.97 Å². The molecule has 104 valence electrons. The summed E-state index contributed by atoms with van der Waals surface area (Å²) in [6, 6.07) is 0. The van der Waals surface area contributed by atoms with Gasteiger partial charge in [0.25, 0.3) is 0 Å². The molecular formula is C15H22N2O2. The summed E-state index contributed by atoms with van der Waals surface area (Å²) in [5.41, 5.74) is 7.69. The maximum Gasteiger partial charge on any atom is 0.310 e. The molecule has 1 rings (SSSR count). The Balaban J connectivity index is 2.62. The van der Waals surface area contributed by atoms with Crippen LogP contribution in [0.15, 0.2) is 40.7 Å². The van der Waals surface area contributed by atoms with Crippen molar-refractivity contribution in [2.24, 2.45) is 10.7 Å². The summed E-state index contributed by atoms with van der Waals surface area (Å²) in [5, 5.41) is 0. The summed E-state index contributed by atoms with van der Waals surface area (Å²) in [4.78, 5) is 16.0. The normalized spacial score (nSPS) is 16.5. The van der Waals surface area contributed by atoms with Gasteiger partial charge in [-0.15, -0.1) is 0 Å². The first-order valence-electron chi connectivity index (χ1n) is 6.34. The van der Waals surface area contributed by atoms with Crippen molar-refractivity contribution in [2.45, 2.75) is 46.1 Å². The molecule has 1 aliphatic rings. The Morgan fingerprint density at radius 2 is 2.21 bits per heavy atom. The molecule has 0 aromatic carbocycles. The third kappa shape index (κ3) is 6.60. The van der Waals surface area contributed by atoms with Gasteiger partial charge in [0.05, 0.1) is 6.42 Å². The molecule has 0 fully saturated rings. The minimum Gasteiger partial charge on any atom is -0.460 e. The summed E-state index contributed by atoms with van der Waals surface area (Å²) < 4.78 is 5.29. The fourth-order valence-electron chi connectivity index (χ4n) is 1.62. The number of hydrogen-bond acceptors (Lipinski definition) is 4. The number of carbonyl (C=O) groups excluding carboxylic acids is 1. The number of carbonyl (C=O) groups is 1. The first-order valence-corrected chi connectivity index (χ1v) is 6.34. The Kier molecular flexibility index (Phi) is 5.10. The summed E-state index contributed by atoms with van der Waals surface area (Å²) in [7, 11) is 0. The molecule has 0 bridgehead atoms. The smallest absolute Gasteiger partial charge is 0.310 e. The lowest BCUT2D eigenvalue weighted by molar-refractivity contribution is -0.153. The molecule has 0 spiro atoms. The van der Waals surface area contributed by atoms with Crippen molar-refractivity contribution in [1.29, 1.82) is 0 Å². The van der Waals surface area contributed by atoms with Crippen LogP contribution in [-0.4, -0.2) is 17.3 Å². The number of aliphatic imine (C=N–C) groups is 1. The lowest BCUT2D eigenvalue weighted by atomic mass is 10.1. The van der Waals surface area contributed by atoms with Crippen LogP contribution in [0.25, 0.3) is 0 Å². The molecule has 1 aliphatic heterocycles. The molecule has 0 radical (unpaired) electrons. The fraction of sp³-hybridized carbons (Fsp3) is 0.467. The Labute approximate surface area is 114 Å². The van der Waals surface area contributed by atoms with Crippen LogP contribution in [0.1, 0.15) is 40.5 Å². The number of ether oxygens (including phenoxy) is 1. The average molecular weight is 262 g/mol. The zero-order valence-corrected chi connectivity index (χ0v) is 12.1. The van der Waals surface area contributed by atoms with Gasteiger partial charge in [-0.3, -0.25) is 9.79 Å². The summed E-state index contributed by atoms with van der Waals surface area (Å²) in [6.45, 7) is 7.40. The molecule has 0 aromatic rings. The molecule has 19 heavy (non-hydrogen) atoms. The maximum absolute atomic E-state index is 11.7. The second-order valence-corrected chi connectivity index (χ2v) is 5.57. The molecule has 0 atom stereocenters. The van der Waals surface area contributed by atoms with E-state index in [1.165, 1.54) is 0 Å². The van der Waals surface area contributed by atoms with E-state index in [0.717, 1.165) is 17.0 Å².